The van der Waals surface area contributed by atoms with Crippen molar-refractivity contribution in [3.63, 3.8) is 0 Å². The van der Waals surface area contributed by atoms with Crippen LogP contribution in [0.25, 0.3) is 0 Å². The minimum Gasteiger partial charge on any atom is -0.341 e. The zero-order chi connectivity index (χ0) is 15.0. The second-order valence-electron chi connectivity index (χ2n) is 7.22. The quantitative estimate of drug-likeness (QED) is 0.926. The minimum absolute atomic E-state index is 0.112. The fourth-order valence-corrected chi connectivity index (χ4v) is 3.84. The lowest BCUT2D eigenvalue weighted by molar-refractivity contribution is -0.132. The van der Waals surface area contributed by atoms with E-state index in [1.54, 1.807) is 0 Å². The Morgan fingerprint density at radius 3 is 2.67 bits per heavy atom. The summed E-state index contributed by atoms with van der Waals surface area (Å²) in [5.41, 5.74) is 2.94. The van der Waals surface area contributed by atoms with Crippen LogP contribution in [0.2, 0.25) is 0 Å². The second-order valence-corrected chi connectivity index (χ2v) is 7.22. The summed E-state index contributed by atoms with van der Waals surface area (Å²) < 4.78 is 0. The molecule has 0 saturated carbocycles. The van der Waals surface area contributed by atoms with Gasteiger partial charge in [-0.05, 0) is 42.7 Å². The summed E-state index contributed by atoms with van der Waals surface area (Å²) in [7, 11) is 0. The molecule has 2 atom stereocenters. The van der Waals surface area contributed by atoms with Gasteiger partial charge in [-0.1, -0.05) is 38.1 Å². The van der Waals surface area contributed by atoms with E-state index in [0.29, 0.717) is 0 Å². The van der Waals surface area contributed by atoms with E-state index in [0.717, 1.165) is 32.4 Å². The first-order chi connectivity index (χ1) is 9.99. The lowest BCUT2D eigenvalue weighted by Gasteiger charge is -2.32. The molecule has 21 heavy (non-hydrogen) atoms. The first-order valence-corrected chi connectivity index (χ1v) is 8.12. The van der Waals surface area contributed by atoms with E-state index >= 15 is 0 Å². The molecule has 2 aliphatic rings. The predicted molar refractivity (Wildman–Crippen MR) is 85.1 cm³/mol. The van der Waals surface area contributed by atoms with Gasteiger partial charge < -0.3 is 4.90 Å². The monoisotopic (exact) mass is 286 g/mol. The Morgan fingerprint density at radius 1 is 1.29 bits per heavy atom. The van der Waals surface area contributed by atoms with Crippen LogP contribution in [0.3, 0.4) is 0 Å². The van der Waals surface area contributed by atoms with Gasteiger partial charge in [0.25, 0.3) is 0 Å². The number of benzene rings is 1. The molecule has 3 nitrogen and oxygen atoms in total. The van der Waals surface area contributed by atoms with Crippen molar-refractivity contribution < 1.29 is 4.79 Å². The summed E-state index contributed by atoms with van der Waals surface area (Å²) in [5, 5.41) is 3.61. The van der Waals surface area contributed by atoms with Crippen LogP contribution >= 0.6 is 0 Å². The molecule has 1 heterocycles. The maximum atomic E-state index is 12.5. The molecule has 0 radical (unpaired) electrons. The van der Waals surface area contributed by atoms with Crippen molar-refractivity contribution in [2.24, 2.45) is 5.41 Å². The average molecular weight is 286 g/mol. The van der Waals surface area contributed by atoms with E-state index < -0.39 is 0 Å². The topological polar surface area (TPSA) is 32.3 Å². The molecule has 114 valence electrons. The Bertz CT molecular complexity index is 532. The molecule has 2 unspecified atom stereocenters. The van der Waals surface area contributed by atoms with Crippen molar-refractivity contribution in [3.8, 4) is 0 Å². The van der Waals surface area contributed by atoms with Crippen LogP contribution in [0.1, 0.15) is 50.8 Å². The van der Waals surface area contributed by atoms with Crippen LogP contribution in [0.5, 0.6) is 0 Å². The van der Waals surface area contributed by atoms with Gasteiger partial charge in [-0.3, -0.25) is 10.1 Å². The van der Waals surface area contributed by atoms with E-state index in [-0.39, 0.29) is 23.4 Å². The Labute approximate surface area is 127 Å². The highest BCUT2D eigenvalue weighted by atomic mass is 16.2. The standard InChI is InChI=1S/C18H26N2O/c1-13(17(21)20-10-6-7-11-20)19-16-15-9-5-4-8-14(15)12-18(16,2)3/h4-5,8-9,13,16,19H,6-7,10-12H2,1-3H3. The number of amides is 1. The molecule has 3 heteroatoms. The summed E-state index contributed by atoms with van der Waals surface area (Å²) in [6, 6.07) is 8.77. The fourth-order valence-electron chi connectivity index (χ4n) is 3.84. The Hall–Kier alpha value is -1.35. The maximum Gasteiger partial charge on any atom is 0.239 e. The number of rotatable bonds is 3. The van der Waals surface area contributed by atoms with E-state index in [4.69, 9.17) is 0 Å². The SMILES string of the molecule is CC(NC1c2ccccc2CC1(C)C)C(=O)N1CCCC1. The zero-order valence-electron chi connectivity index (χ0n) is 13.4. The highest BCUT2D eigenvalue weighted by Gasteiger charge is 2.40. The van der Waals surface area contributed by atoms with Crippen LogP contribution in [0, 0.1) is 5.41 Å². The van der Waals surface area contributed by atoms with Crippen molar-refractivity contribution in [1.82, 2.24) is 10.2 Å². The Balaban J connectivity index is 1.75. The van der Waals surface area contributed by atoms with Gasteiger partial charge >= 0.3 is 0 Å². The molecule has 1 saturated heterocycles. The molecule has 1 fully saturated rings. The average Bonchev–Trinajstić information content (AvgIpc) is 3.05. The Kier molecular flexibility index (Phi) is 3.78. The molecule has 1 amide bonds. The third-order valence-corrected chi connectivity index (χ3v) is 5.00. The smallest absolute Gasteiger partial charge is 0.239 e. The normalized spacial score (nSPS) is 24.9. The molecular weight excluding hydrogens is 260 g/mol. The molecular formula is C18H26N2O. The highest BCUT2D eigenvalue weighted by Crippen LogP contribution is 2.45. The van der Waals surface area contributed by atoms with Gasteiger partial charge in [0.15, 0.2) is 0 Å². The summed E-state index contributed by atoms with van der Waals surface area (Å²) in [6.45, 7) is 8.44. The number of likely N-dealkylation sites (tertiary alicyclic amines) is 1. The molecule has 3 rings (SSSR count). The van der Waals surface area contributed by atoms with Gasteiger partial charge in [0.2, 0.25) is 5.91 Å². The van der Waals surface area contributed by atoms with Crippen LogP contribution in [0.4, 0.5) is 0 Å². The molecule has 1 aromatic carbocycles. The van der Waals surface area contributed by atoms with Gasteiger partial charge in [0.05, 0.1) is 6.04 Å². The van der Waals surface area contributed by atoms with Gasteiger partial charge in [0.1, 0.15) is 0 Å². The molecule has 0 aromatic heterocycles. The first kappa shape index (κ1) is 14.6. The molecule has 1 aliphatic heterocycles. The summed E-state index contributed by atoms with van der Waals surface area (Å²) in [5.74, 6) is 0.257. The largest absolute Gasteiger partial charge is 0.341 e. The third-order valence-electron chi connectivity index (χ3n) is 5.00. The van der Waals surface area contributed by atoms with Crippen LogP contribution < -0.4 is 5.32 Å². The number of fused-ring (bicyclic) bond motifs is 1. The molecule has 1 aliphatic carbocycles. The van der Waals surface area contributed by atoms with Crippen molar-refractivity contribution >= 4 is 5.91 Å². The van der Waals surface area contributed by atoms with Crippen LogP contribution in [0.15, 0.2) is 24.3 Å². The lowest BCUT2D eigenvalue weighted by Crippen LogP contribution is -2.47. The lowest BCUT2D eigenvalue weighted by atomic mass is 9.85. The highest BCUT2D eigenvalue weighted by molar-refractivity contribution is 5.81. The van der Waals surface area contributed by atoms with E-state index in [2.05, 4.69) is 43.4 Å². The van der Waals surface area contributed by atoms with Gasteiger partial charge in [0, 0.05) is 19.1 Å². The number of hydrogen-bond acceptors (Lipinski definition) is 2. The maximum absolute atomic E-state index is 12.5. The molecule has 0 spiro atoms. The summed E-state index contributed by atoms with van der Waals surface area (Å²) in [4.78, 5) is 14.5. The van der Waals surface area contributed by atoms with Gasteiger partial charge in [-0.25, -0.2) is 0 Å². The van der Waals surface area contributed by atoms with E-state index in [1.807, 2.05) is 11.8 Å². The van der Waals surface area contributed by atoms with Crippen molar-refractivity contribution in [2.45, 2.75) is 52.1 Å². The number of hydrogen-bond donors (Lipinski definition) is 1. The fraction of sp³-hybridized carbons (Fsp3) is 0.611. The van der Waals surface area contributed by atoms with Crippen molar-refractivity contribution in [1.29, 1.82) is 0 Å². The molecule has 1 N–H and O–H groups in total. The van der Waals surface area contributed by atoms with Crippen molar-refractivity contribution in [3.05, 3.63) is 35.4 Å². The first-order valence-electron chi connectivity index (χ1n) is 8.12. The second kappa shape index (κ2) is 5.45. The molecule has 1 aromatic rings. The molecule has 0 bridgehead atoms. The van der Waals surface area contributed by atoms with Crippen LogP contribution in [-0.2, 0) is 11.2 Å². The van der Waals surface area contributed by atoms with Gasteiger partial charge in [-0.2, -0.15) is 0 Å². The Morgan fingerprint density at radius 2 is 1.95 bits per heavy atom. The number of carbonyl (C=O) groups excluding carboxylic acids is 1. The number of carbonyl (C=O) groups is 1. The third kappa shape index (κ3) is 2.71. The summed E-state index contributed by atoms with van der Waals surface area (Å²) in [6.07, 6.45) is 3.37. The number of nitrogens with one attached hydrogen (secondary N) is 1. The summed E-state index contributed by atoms with van der Waals surface area (Å²) >= 11 is 0. The minimum atomic E-state index is -0.112. The van der Waals surface area contributed by atoms with Gasteiger partial charge in [-0.15, -0.1) is 0 Å². The van der Waals surface area contributed by atoms with Crippen LogP contribution in [-0.4, -0.2) is 29.9 Å². The van der Waals surface area contributed by atoms with Crippen molar-refractivity contribution in [2.75, 3.05) is 13.1 Å². The predicted octanol–water partition coefficient (Wildman–Crippen LogP) is 2.91. The van der Waals surface area contributed by atoms with E-state index in [9.17, 15) is 4.79 Å². The number of nitrogens with zero attached hydrogens (tertiary/aromatic N) is 1. The van der Waals surface area contributed by atoms with E-state index in [1.165, 1.54) is 11.1 Å². The zero-order valence-corrected chi connectivity index (χ0v) is 13.4.